The topological polar surface area (TPSA) is 72.9 Å². The fourth-order valence-corrected chi connectivity index (χ4v) is 3.99. The van der Waals surface area contributed by atoms with Gasteiger partial charge in [-0.3, -0.25) is 9.48 Å². The first-order valence-electron chi connectivity index (χ1n) is 9.12. The van der Waals surface area contributed by atoms with Gasteiger partial charge in [0, 0.05) is 36.4 Å². The summed E-state index contributed by atoms with van der Waals surface area (Å²) in [7, 11) is 1.58. The van der Waals surface area contributed by atoms with Crippen molar-refractivity contribution in [3.8, 4) is 0 Å². The van der Waals surface area contributed by atoms with E-state index in [1.165, 1.54) is 4.68 Å². The molecule has 1 atom stereocenters. The summed E-state index contributed by atoms with van der Waals surface area (Å²) in [5.41, 5.74) is -2.61. The Morgan fingerprint density at radius 3 is 2.59 bits per heavy atom. The van der Waals surface area contributed by atoms with E-state index in [0.717, 1.165) is 25.1 Å². The SMILES string of the molecule is CC[C@](O)(c1cnc(C(F)(F)F)c(Cl)c1)c1c2ccn(C3CC3)c(=O)c2nn1C. The minimum absolute atomic E-state index is 0.0919. The molecule has 6 nitrogen and oxygen atoms in total. The van der Waals surface area contributed by atoms with E-state index in [4.69, 9.17) is 11.6 Å². The van der Waals surface area contributed by atoms with Gasteiger partial charge in [-0.05, 0) is 31.4 Å². The number of hydrogen-bond donors (Lipinski definition) is 1. The third kappa shape index (κ3) is 3.12. The first kappa shape index (κ1) is 19.9. The summed E-state index contributed by atoms with van der Waals surface area (Å²) in [6, 6.07) is 2.93. The third-order valence-electron chi connectivity index (χ3n) is 5.35. The van der Waals surface area contributed by atoms with Crippen molar-refractivity contribution >= 4 is 22.5 Å². The second-order valence-corrected chi connectivity index (χ2v) is 7.67. The van der Waals surface area contributed by atoms with Crippen molar-refractivity contribution in [1.29, 1.82) is 0 Å². The molecule has 0 aromatic carbocycles. The molecule has 1 fully saturated rings. The van der Waals surface area contributed by atoms with E-state index in [9.17, 15) is 23.1 Å². The molecule has 0 bridgehead atoms. The Labute approximate surface area is 168 Å². The lowest BCUT2D eigenvalue weighted by Crippen LogP contribution is -2.30. The van der Waals surface area contributed by atoms with Gasteiger partial charge in [-0.2, -0.15) is 18.3 Å². The molecule has 1 N–H and O–H groups in total. The van der Waals surface area contributed by atoms with E-state index in [1.54, 1.807) is 30.8 Å². The normalized spacial score (nSPS) is 16.9. The zero-order valence-electron chi connectivity index (χ0n) is 15.7. The van der Waals surface area contributed by atoms with Crippen molar-refractivity contribution < 1.29 is 18.3 Å². The first-order chi connectivity index (χ1) is 13.6. The number of nitrogens with zero attached hydrogens (tertiary/aromatic N) is 4. The van der Waals surface area contributed by atoms with Crippen molar-refractivity contribution in [1.82, 2.24) is 19.3 Å². The summed E-state index contributed by atoms with van der Waals surface area (Å²) in [4.78, 5) is 16.2. The van der Waals surface area contributed by atoms with Crippen molar-refractivity contribution in [2.45, 2.75) is 44.0 Å². The van der Waals surface area contributed by atoms with Gasteiger partial charge >= 0.3 is 6.18 Å². The Balaban J connectivity index is 1.90. The number of halogens is 4. The monoisotopic (exact) mass is 426 g/mol. The van der Waals surface area contributed by atoms with E-state index in [2.05, 4.69) is 10.1 Å². The van der Waals surface area contributed by atoms with E-state index in [-0.39, 0.29) is 29.1 Å². The molecule has 1 aliphatic rings. The van der Waals surface area contributed by atoms with E-state index >= 15 is 0 Å². The van der Waals surface area contributed by atoms with Crippen LogP contribution in [0, 0.1) is 0 Å². The van der Waals surface area contributed by atoms with Crippen LogP contribution in [0.5, 0.6) is 0 Å². The Morgan fingerprint density at radius 1 is 1.34 bits per heavy atom. The minimum Gasteiger partial charge on any atom is -0.379 e. The molecule has 3 aromatic heterocycles. The molecule has 3 heterocycles. The Bertz CT molecular complexity index is 1170. The van der Waals surface area contributed by atoms with Crippen LogP contribution in [0.4, 0.5) is 13.2 Å². The lowest BCUT2D eigenvalue weighted by molar-refractivity contribution is -0.141. The summed E-state index contributed by atoms with van der Waals surface area (Å²) in [5.74, 6) is 0. The van der Waals surface area contributed by atoms with Crippen LogP contribution in [-0.4, -0.2) is 24.4 Å². The van der Waals surface area contributed by atoms with Gasteiger partial charge in [-0.15, -0.1) is 0 Å². The van der Waals surface area contributed by atoms with Crippen LogP contribution in [0.25, 0.3) is 10.9 Å². The maximum atomic E-state index is 13.0. The fraction of sp³-hybridized carbons (Fsp3) is 0.421. The molecular weight excluding hydrogens is 409 g/mol. The Morgan fingerprint density at radius 2 is 2.03 bits per heavy atom. The number of aromatic nitrogens is 4. The molecule has 0 saturated heterocycles. The highest BCUT2D eigenvalue weighted by atomic mass is 35.5. The zero-order valence-corrected chi connectivity index (χ0v) is 16.4. The lowest BCUT2D eigenvalue weighted by Gasteiger charge is -2.28. The van der Waals surface area contributed by atoms with Gasteiger partial charge in [-0.25, -0.2) is 4.98 Å². The largest absolute Gasteiger partial charge is 0.434 e. The quantitative estimate of drug-likeness (QED) is 0.689. The maximum Gasteiger partial charge on any atom is 0.434 e. The average Bonchev–Trinajstić information content (AvgIpc) is 3.42. The first-order valence-corrected chi connectivity index (χ1v) is 9.49. The van der Waals surface area contributed by atoms with Gasteiger partial charge in [-0.1, -0.05) is 18.5 Å². The molecule has 4 rings (SSSR count). The summed E-state index contributed by atoms with van der Waals surface area (Å²) in [6.07, 6.45) is -0.104. The summed E-state index contributed by atoms with van der Waals surface area (Å²) >= 11 is 5.81. The van der Waals surface area contributed by atoms with Gasteiger partial charge in [0.25, 0.3) is 5.56 Å². The zero-order chi connectivity index (χ0) is 21.1. The van der Waals surface area contributed by atoms with Crippen LogP contribution in [0.15, 0.2) is 29.3 Å². The van der Waals surface area contributed by atoms with Crippen LogP contribution in [0.3, 0.4) is 0 Å². The summed E-state index contributed by atoms with van der Waals surface area (Å²) < 4.78 is 42.0. The van der Waals surface area contributed by atoms with Crippen molar-refractivity contribution in [2.24, 2.45) is 7.05 Å². The van der Waals surface area contributed by atoms with Gasteiger partial charge < -0.3 is 9.67 Å². The molecule has 0 amide bonds. The molecule has 1 saturated carbocycles. The second kappa shape index (κ2) is 6.56. The molecule has 3 aromatic rings. The van der Waals surface area contributed by atoms with Crippen molar-refractivity contribution in [3.63, 3.8) is 0 Å². The van der Waals surface area contributed by atoms with Crippen LogP contribution in [0.1, 0.15) is 49.2 Å². The van der Waals surface area contributed by atoms with E-state index in [1.807, 2.05) is 0 Å². The highest BCUT2D eigenvalue weighted by Crippen LogP contribution is 2.40. The summed E-state index contributed by atoms with van der Waals surface area (Å²) in [5, 5.41) is 15.6. The van der Waals surface area contributed by atoms with Gasteiger partial charge in [0.1, 0.15) is 5.60 Å². The summed E-state index contributed by atoms with van der Waals surface area (Å²) in [6.45, 7) is 1.68. The molecule has 0 radical (unpaired) electrons. The standard InChI is InChI=1S/C19H18ClF3N4O2/c1-3-18(29,10-8-13(20)15(24-9-10)19(21,22)23)16-12-6-7-27(11-4-5-11)17(28)14(12)25-26(16)2/h6-9,11,29H,3-5H2,1-2H3/t18-/m0/s1. The van der Waals surface area contributed by atoms with Gasteiger partial charge in [0.05, 0.1) is 10.7 Å². The van der Waals surface area contributed by atoms with Crippen LogP contribution in [0.2, 0.25) is 5.02 Å². The molecular formula is C19H18ClF3N4O2. The molecule has 0 unspecified atom stereocenters. The average molecular weight is 427 g/mol. The molecule has 0 spiro atoms. The van der Waals surface area contributed by atoms with Crippen LogP contribution in [-0.2, 0) is 18.8 Å². The van der Waals surface area contributed by atoms with E-state index in [0.29, 0.717) is 11.1 Å². The Hall–Kier alpha value is -2.39. The van der Waals surface area contributed by atoms with E-state index < -0.39 is 22.5 Å². The number of pyridine rings is 2. The van der Waals surface area contributed by atoms with Crippen LogP contribution >= 0.6 is 11.6 Å². The molecule has 154 valence electrons. The minimum atomic E-state index is -4.70. The third-order valence-corrected chi connectivity index (χ3v) is 5.64. The molecule has 10 heteroatoms. The molecule has 1 aliphatic carbocycles. The highest BCUT2D eigenvalue weighted by molar-refractivity contribution is 6.31. The highest BCUT2D eigenvalue weighted by Gasteiger charge is 2.40. The predicted octanol–water partition coefficient (Wildman–Crippen LogP) is 3.78. The van der Waals surface area contributed by atoms with Crippen LogP contribution < -0.4 is 5.56 Å². The van der Waals surface area contributed by atoms with Gasteiger partial charge in [0.2, 0.25) is 0 Å². The second-order valence-electron chi connectivity index (χ2n) is 7.26. The number of aliphatic hydroxyl groups is 1. The van der Waals surface area contributed by atoms with Gasteiger partial charge in [0.15, 0.2) is 11.2 Å². The Kier molecular flexibility index (Phi) is 4.51. The molecule has 29 heavy (non-hydrogen) atoms. The van der Waals surface area contributed by atoms with Crippen molar-refractivity contribution in [2.75, 3.05) is 0 Å². The smallest absolute Gasteiger partial charge is 0.379 e. The number of hydrogen-bond acceptors (Lipinski definition) is 4. The molecule has 0 aliphatic heterocycles. The number of aryl methyl sites for hydroxylation is 1. The fourth-order valence-electron chi connectivity index (χ4n) is 3.71. The predicted molar refractivity (Wildman–Crippen MR) is 101 cm³/mol. The maximum absolute atomic E-state index is 13.0. The number of rotatable bonds is 4. The number of alkyl halides is 3. The number of fused-ring (bicyclic) bond motifs is 1. The lowest BCUT2D eigenvalue weighted by atomic mass is 9.87. The van der Waals surface area contributed by atoms with Crippen molar-refractivity contribution in [3.05, 3.63) is 56.9 Å².